The zero-order chi connectivity index (χ0) is 19.2. The second-order valence-electron chi connectivity index (χ2n) is 8.23. The maximum absolute atomic E-state index is 12.5. The van der Waals surface area contributed by atoms with Crippen LogP contribution < -0.4 is 0 Å². The van der Waals surface area contributed by atoms with Crippen molar-refractivity contribution < 1.29 is 14.3 Å². The van der Waals surface area contributed by atoms with Gasteiger partial charge in [0.25, 0.3) is 5.91 Å². The topological polar surface area (TPSA) is 49.9 Å². The Labute approximate surface area is 162 Å². The fourth-order valence-electron chi connectivity index (χ4n) is 3.93. The van der Waals surface area contributed by atoms with Crippen molar-refractivity contribution in [3.05, 3.63) is 35.4 Å². The Morgan fingerprint density at radius 1 is 1.00 bits per heavy atom. The molecule has 0 bridgehead atoms. The molecule has 5 heteroatoms. The molecule has 0 aliphatic carbocycles. The summed E-state index contributed by atoms with van der Waals surface area (Å²) in [6, 6.07) is 8.08. The molecule has 1 aromatic rings. The lowest BCUT2D eigenvalue weighted by atomic mass is 9.89. The van der Waals surface area contributed by atoms with Crippen molar-refractivity contribution in [2.75, 3.05) is 39.4 Å². The van der Waals surface area contributed by atoms with Crippen LogP contribution in [-0.4, -0.2) is 61.0 Å². The molecular weight excluding hydrogens is 340 g/mol. The van der Waals surface area contributed by atoms with Crippen LogP contribution in [-0.2, 0) is 16.0 Å². The van der Waals surface area contributed by atoms with Crippen molar-refractivity contribution in [1.82, 2.24) is 9.80 Å². The summed E-state index contributed by atoms with van der Waals surface area (Å²) in [6.45, 7) is 8.55. The van der Waals surface area contributed by atoms with Crippen LogP contribution in [0.4, 0.5) is 0 Å². The summed E-state index contributed by atoms with van der Waals surface area (Å²) < 4.78 is 5.31. The highest BCUT2D eigenvalue weighted by molar-refractivity contribution is 5.94. The predicted molar refractivity (Wildman–Crippen MR) is 106 cm³/mol. The second kappa shape index (κ2) is 9.36. The first-order chi connectivity index (χ1) is 13.0. The van der Waals surface area contributed by atoms with E-state index in [1.807, 2.05) is 21.9 Å². The number of likely N-dealkylation sites (tertiary alicyclic amines) is 1. The minimum Gasteiger partial charge on any atom is -0.378 e. The largest absolute Gasteiger partial charge is 0.378 e. The van der Waals surface area contributed by atoms with E-state index in [4.69, 9.17) is 4.74 Å². The highest BCUT2D eigenvalue weighted by Crippen LogP contribution is 2.23. The highest BCUT2D eigenvalue weighted by Gasteiger charge is 2.23. The number of ether oxygens (including phenoxy) is 1. The highest BCUT2D eigenvalue weighted by atomic mass is 16.5. The number of amides is 2. The van der Waals surface area contributed by atoms with E-state index < -0.39 is 0 Å². The minimum atomic E-state index is 0.0989. The second-order valence-corrected chi connectivity index (χ2v) is 8.23. The Kier molecular flexibility index (Phi) is 6.89. The van der Waals surface area contributed by atoms with Gasteiger partial charge in [0.1, 0.15) is 0 Å². The molecule has 5 nitrogen and oxygen atoms in total. The van der Waals surface area contributed by atoms with Crippen LogP contribution in [0, 0.1) is 11.8 Å². The van der Waals surface area contributed by atoms with E-state index in [2.05, 4.69) is 26.0 Å². The maximum atomic E-state index is 12.5. The SMILES string of the molecule is CC(C)CC(=O)N1CCC(Cc2ccc(C(=O)N3CCOCC3)cc2)CC1. The molecule has 27 heavy (non-hydrogen) atoms. The number of benzene rings is 1. The molecule has 2 aliphatic heterocycles. The van der Waals surface area contributed by atoms with Gasteiger partial charge < -0.3 is 14.5 Å². The van der Waals surface area contributed by atoms with Crippen LogP contribution in [0.1, 0.15) is 49.0 Å². The van der Waals surface area contributed by atoms with Crippen LogP contribution in [0.25, 0.3) is 0 Å². The van der Waals surface area contributed by atoms with E-state index in [0.29, 0.717) is 50.5 Å². The van der Waals surface area contributed by atoms with Crippen molar-refractivity contribution in [3.63, 3.8) is 0 Å². The molecule has 2 saturated heterocycles. The van der Waals surface area contributed by atoms with Gasteiger partial charge in [-0.25, -0.2) is 0 Å². The lowest BCUT2D eigenvalue weighted by Gasteiger charge is -2.32. The average Bonchev–Trinajstić information content (AvgIpc) is 2.69. The van der Waals surface area contributed by atoms with Crippen LogP contribution in [0.15, 0.2) is 24.3 Å². The fourth-order valence-corrected chi connectivity index (χ4v) is 3.93. The summed E-state index contributed by atoms with van der Waals surface area (Å²) in [5.74, 6) is 1.44. The first-order valence-corrected chi connectivity index (χ1v) is 10.3. The molecule has 2 fully saturated rings. The molecule has 2 amide bonds. The standard InChI is InChI=1S/C22H32N2O3/c1-17(2)15-21(25)23-9-7-19(8-10-23)16-18-3-5-20(6-4-18)22(26)24-11-13-27-14-12-24/h3-6,17,19H,7-16H2,1-2H3. The molecule has 2 heterocycles. The molecule has 148 valence electrons. The van der Waals surface area contributed by atoms with E-state index in [-0.39, 0.29) is 5.91 Å². The number of piperidine rings is 1. The molecular formula is C22H32N2O3. The molecule has 0 radical (unpaired) electrons. The third-order valence-corrected chi connectivity index (χ3v) is 5.57. The van der Waals surface area contributed by atoms with Gasteiger partial charge in [-0.1, -0.05) is 26.0 Å². The van der Waals surface area contributed by atoms with E-state index >= 15 is 0 Å². The lowest BCUT2D eigenvalue weighted by Crippen LogP contribution is -2.40. The van der Waals surface area contributed by atoms with Gasteiger partial charge in [-0.3, -0.25) is 9.59 Å². The minimum absolute atomic E-state index is 0.0989. The van der Waals surface area contributed by atoms with Crippen LogP contribution >= 0.6 is 0 Å². The molecule has 3 rings (SSSR count). The summed E-state index contributed by atoms with van der Waals surface area (Å²) in [5.41, 5.74) is 2.04. The van der Waals surface area contributed by atoms with E-state index in [1.54, 1.807) is 0 Å². The van der Waals surface area contributed by atoms with Crippen molar-refractivity contribution in [3.8, 4) is 0 Å². The number of rotatable bonds is 5. The number of hydrogen-bond donors (Lipinski definition) is 0. The molecule has 0 aromatic heterocycles. The molecule has 0 unspecified atom stereocenters. The first kappa shape index (κ1) is 19.9. The van der Waals surface area contributed by atoms with Gasteiger partial charge in [0, 0.05) is 38.2 Å². The zero-order valence-corrected chi connectivity index (χ0v) is 16.7. The van der Waals surface area contributed by atoms with E-state index in [9.17, 15) is 9.59 Å². The molecule has 2 aliphatic rings. The van der Waals surface area contributed by atoms with Crippen LogP contribution in [0.3, 0.4) is 0 Å². The Morgan fingerprint density at radius 3 is 2.22 bits per heavy atom. The maximum Gasteiger partial charge on any atom is 0.254 e. The summed E-state index contributed by atoms with van der Waals surface area (Å²) in [7, 11) is 0. The van der Waals surface area contributed by atoms with Gasteiger partial charge in [0.05, 0.1) is 13.2 Å². The van der Waals surface area contributed by atoms with Gasteiger partial charge in [-0.15, -0.1) is 0 Å². The van der Waals surface area contributed by atoms with Crippen molar-refractivity contribution in [1.29, 1.82) is 0 Å². The quantitative estimate of drug-likeness (QED) is 0.798. The van der Waals surface area contributed by atoms with E-state index in [0.717, 1.165) is 37.9 Å². The number of carbonyl (C=O) groups is 2. The number of hydrogen-bond acceptors (Lipinski definition) is 3. The Hall–Kier alpha value is -1.88. The predicted octanol–water partition coefficient (Wildman–Crippen LogP) is 2.99. The molecule has 1 aromatic carbocycles. The Morgan fingerprint density at radius 2 is 1.63 bits per heavy atom. The molecule has 0 spiro atoms. The monoisotopic (exact) mass is 372 g/mol. The van der Waals surface area contributed by atoms with Gasteiger partial charge in [0.2, 0.25) is 5.91 Å². The summed E-state index contributed by atoms with van der Waals surface area (Å²) in [6.07, 6.45) is 3.82. The van der Waals surface area contributed by atoms with Gasteiger partial charge >= 0.3 is 0 Å². The Balaban J connectivity index is 1.48. The fraction of sp³-hybridized carbons (Fsp3) is 0.636. The molecule has 0 N–H and O–H groups in total. The summed E-state index contributed by atoms with van der Waals surface area (Å²) in [5, 5.41) is 0. The van der Waals surface area contributed by atoms with Gasteiger partial charge in [0.15, 0.2) is 0 Å². The molecule has 0 saturated carbocycles. The molecule has 0 atom stereocenters. The lowest BCUT2D eigenvalue weighted by molar-refractivity contribution is -0.133. The number of carbonyl (C=O) groups excluding carboxylic acids is 2. The van der Waals surface area contributed by atoms with Crippen LogP contribution in [0.2, 0.25) is 0 Å². The number of morpholine rings is 1. The third-order valence-electron chi connectivity index (χ3n) is 5.57. The van der Waals surface area contributed by atoms with Crippen molar-refractivity contribution >= 4 is 11.8 Å². The van der Waals surface area contributed by atoms with Crippen molar-refractivity contribution in [2.45, 2.75) is 39.5 Å². The van der Waals surface area contributed by atoms with E-state index in [1.165, 1.54) is 5.56 Å². The van der Waals surface area contributed by atoms with Crippen molar-refractivity contribution in [2.24, 2.45) is 11.8 Å². The van der Waals surface area contributed by atoms with Gasteiger partial charge in [-0.05, 0) is 48.8 Å². The van der Waals surface area contributed by atoms with Crippen LogP contribution in [0.5, 0.6) is 0 Å². The first-order valence-electron chi connectivity index (χ1n) is 10.3. The summed E-state index contributed by atoms with van der Waals surface area (Å²) >= 11 is 0. The summed E-state index contributed by atoms with van der Waals surface area (Å²) in [4.78, 5) is 28.6. The average molecular weight is 373 g/mol. The third kappa shape index (κ3) is 5.55. The Bertz CT molecular complexity index is 627. The smallest absolute Gasteiger partial charge is 0.254 e. The number of nitrogens with zero attached hydrogens (tertiary/aromatic N) is 2. The zero-order valence-electron chi connectivity index (χ0n) is 16.7. The normalized spacial score (nSPS) is 18.8. The van der Waals surface area contributed by atoms with Gasteiger partial charge in [-0.2, -0.15) is 0 Å².